The molecule has 0 bridgehead atoms. The Morgan fingerprint density at radius 2 is 1.57 bits per heavy atom. The lowest BCUT2D eigenvalue weighted by Gasteiger charge is -2.43. The first-order valence-corrected chi connectivity index (χ1v) is 12.1. The third kappa shape index (κ3) is 7.26. The predicted molar refractivity (Wildman–Crippen MR) is 131 cm³/mol. The minimum Gasteiger partial charge on any atom is -0.467 e. The van der Waals surface area contributed by atoms with E-state index in [1.54, 1.807) is 0 Å². The maximum atomic E-state index is 13.0. The Morgan fingerprint density at radius 3 is 2.15 bits per heavy atom. The molecule has 0 radical (unpaired) electrons. The first-order chi connectivity index (χ1) is 18.9. The van der Waals surface area contributed by atoms with Crippen molar-refractivity contribution in [1.29, 1.82) is 0 Å². The van der Waals surface area contributed by atoms with Gasteiger partial charge in [0, 0.05) is 20.8 Å². The van der Waals surface area contributed by atoms with Gasteiger partial charge in [0.05, 0.1) is 17.6 Å². The van der Waals surface area contributed by atoms with Gasteiger partial charge in [-0.3, -0.25) is 34.6 Å². The molecular weight excluding hydrogens is 558 g/mol. The van der Waals surface area contributed by atoms with Crippen LogP contribution in [0.25, 0.3) is 0 Å². The second-order valence-electron chi connectivity index (χ2n) is 8.00. The van der Waals surface area contributed by atoms with Crippen LogP contribution in [0, 0.1) is 10.1 Å². The van der Waals surface area contributed by atoms with E-state index in [9.17, 15) is 34.1 Å². The third-order valence-electron chi connectivity index (χ3n) is 5.10. The van der Waals surface area contributed by atoms with Crippen LogP contribution >= 0.6 is 11.3 Å². The van der Waals surface area contributed by atoms with Crippen LogP contribution in [0.3, 0.4) is 0 Å². The van der Waals surface area contributed by atoms with Gasteiger partial charge in [0.25, 0.3) is 5.91 Å². The molecule has 1 aromatic heterocycles. The quantitative estimate of drug-likeness (QED) is 0.192. The molecule has 40 heavy (non-hydrogen) atoms. The molecule has 0 spiro atoms. The fourth-order valence-electron chi connectivity index (χ4n) is 3.63. The molecule has 214 valence electrons. The number of nitrogens with one attached hydrogen (secondary N) is 1. The maximum Gasteiger partial charge on any atom is 0.345 e. The van der Waals surface area contributed by atoms with Crippen LogP contribution in [0.2, 0.25) is 0 Å². The molecule has 17 heteroatoms. The third-order valence-corrected chi connectivity index (χ3v) is 5.97. The summed E-state index contributed by atoms with van der Waals surface area (Å²) in [6.45, 7) is 3.12. The van der Waals surface area contributed by atoms with Crippen molar-refractivity contribution in [3.8, 4) is 5.75 Å². The van der Waals surface area contributed by atoms with Crippen LogP contribution in [0.1, 0.15) is 31.1 Å². The monoisotopic (exact) mass is 581 g/mol. The number of carbonyl (C=O) groups is 5. The van der Waals surface area contributed by atoms with Crippen molar-refractivity contribution < 1.29 is 57.3 Å². The van der Waals surface area contributed by atoms with E-state index >= 15 is 0 Å². The summed E-state index contributed by atoms with van der Waals surface area (Å²) in [5.41, 5.74) is -0.105. The molecule has 3 unspecified atom stereocenters. The number of benzene rings is 1. The van der Waals surface area contributed by atoms with Crippen LogP contribution in [-0.2, 0) is 42.9 Å². The number of methoxy groups -OCH3 is 1. The van der Waals surface area contributed by atoms with E-state index in [2.05, 4.69) is 10.3 Å². The lowest BCUT2D eigenvalue weighted by atomic mass is 9.97. The molecule has 1 aromatic carbocycles. The number of rotatable bonds is 9. The molecule has 1 amide bonds. The number of nitro groups is 1. The molecule has 5 atom stereocenters. The second kappa shape index (κ2) is 12.9. The molecule has 1 saturated heterocycles. The minimum absolute atomic E-state index is 0.0666. The topological polar surface area (TPSA) is 209 Å². The normalized spacial score (nSPS) is 21.9. The highest BCUT2D eigenvalue weighted by molar-refractivity contribution is 7.18. The molecule has 1 N–H and O–H groups in total. The zero-order valence-corrected chi connectivity index (χ0v) is 22.2. The molecule has 1 aliphatic heterocycles. The highest BCUT2D eigenvalue weighted by atomic mass is 32.1. The van der Waals surface area contributed by atoms with Crippen molar-refractivity contribution in [2.24, 2.45) is 0 Å². The number of amides is 1. The Morgan fingerprint density at radius 1 is 0.975 bits per heavy atom. The van der Waals surface area contributed by atoms with E-state index < -0.39 is 65.4 Å². The standard InChI is InChI=1S/C23H23N3O13S/c1-10(27)35-16-17(36-11(2)28)19(37-12(3)29)22(39-18(16)21(31)34-4)38-14-8-6-5-7-13(14)20(30)25-23-24-9-15(40-23)26(32)33/h5-9,16-19,22H,1-4H3,(H,24,25,30)/t16-,17?,18?,19?,22-/m0/s1. The number of para-hydroxylation sites is 1. The fourth-order valence-corrected chi connectivity index (χ4v) is 4.26. The number of carbonyl (C=O) groups excluding carboxylic acids is 5. The summed E-state index contributed by atoms with van der Waals surface area (Å²) in [4.78, 5) is 75.4. The lowest BCUT2D eigenvalue weighted by Crippen LogP contribution is -2.64. The predicted octanol–water partition coefficient (Wildman–Crippen LogP) is 1.38. The molecule has 1 fully saturated rings. The van der Waals surface area contributed by atoms with Gasteiger partial charge in [-0.25, -0.2) is 9.78 Å². The van der Waals surface area contributed by atoms with E-state index in [0.717, 1.165) is 34.1 Å². The van der Waals surface area contributed by atoms with Gasteiger partial charge in [0.1, 0.15) is 11.9 Å². The van der Waals surface area contributed by atoms with E-state index in [1.165, 1.54) is 24.3 Å². The van der Waals surface area contributed by atoms with E-state index in [4.69, 9.17) is 28.4 Å². The van der Waals surface area contributed by atoms with Gasteiger partial charge >= 0.3 is 28.9 Å². The highest BCUT2D eigenvalue weighted by Crippen LogP contribution is 2.33. The first-order valence-electron chi connectivity index (χ1n) is 11.3. The summed E-state index contributed by atoms with van der Waals surface area (Å²) in [5.74, 6) is -4.57. The van der Waals surface area contributed by atoms with E-state index in [1.807, 2.05) is 0 Å². The number of nitrogens with zero attached hydrogens (tertiary/aromatic N) is 2. The largest absolute Gasteiger partial charge is 0.467 e. The summed E-state index contributed by atoms with van der Waals surface area (Å²) >= 11 is 0.623. The average molecular weight is 582 g/mol. The molecule has 2 heterocycles. The number of thiazole rings is 1. The van der Waals surface area contributed by atoms with Gasteiger partial charge in [0.2, 0.25) is 12.4 Å². The van der Waals surface area contributed by atoms with Crippen LogP contribution in [0.4, 0.5) is 10.1 Å². The highest BCUT2D eigenvalue weighted by Gasteiger charge is 2.56. The lowest BCUT2D eigenvalue weighted by molar-refractivity contribution is -0.380. The number of anilines is 1. The van der Waals surface area contributed by atoms with Crippen LogP contribution in [-0.4, -0.2) is 77.5 Å². The van der Waals surface area contributed by atoms with E-state index in [-0.39, 0.29) is 21.4 Å². The molecule has 0 aliphatic carbocycles. The molecular formula is C23H23N3O13S. The summed E-state index contributed by atoms with van der Waals surface area (Å²) < 4.78 is 32.1. The minimum atomic E-state index is -1.70. The number of esters is 4. The number of hydrogen-bond acceptors (Lipinski definition) is 15. The smallest absolute Gasteiger partial charge is 0.345 e. The number of aromatic nitrogens is 1. The second-order valence-corrected chi connectivity index (χ2v) is 9.01. The van der Waals surface area contributed by atoms with Crippen molar-refractivity contribution in [1.82, 2.24) is 4.98 Å². The Bertz CT molecular complexity index is 1310. The Balaban J connectivity index is 1.99. The van der Waals surface area contributed by atoms with Crippen molar-refractivity contribution in [3.05, 3.63) is 46.1 Å². The van der Waals surface area contributed by atoms with Crippen molar-refractivity contribution >= 4 is 51.3 Å². The van der Waals surface area contributed by atoms with Crippen molar-refractivity contribution in [2.45, 2.75) is 51.5 Å². The fraction of sp³-hybridized carbons (Fsp3) is 0.391. The zero-order chi connectivity index (χ0) is 29.6. The van der Waals surface area contributed by atoms with Gasteiger partial charge in [-0.1, -0.05) is 12.1 Å². The van der Waals surface area contributed by atoms with Crippen LogP contribution in [0.15, 0.2) is 30.5 Å². The van der Waals surface area contributed by atoms with Gasteiger partial charge in [-0.15, -0.1) is 0 Å². The maximum absolute atomic E-state index is 13.0. The van der Waals surface area contributed by atoms with Gasteiger partial charge in [-0.05, 0) is 23.5 Å². The molecule has 16 nitrogen and oxygen atoms in total. The average Bonchev–Trinajstić information content (AvgIpc) is 3.35. The summed E-state index contributed by atoms with van der Waals surface area (Å²) in [5, 5.41) is 13.0. The molecule has 3 rings (SSSR count). The Kier molecular flexibility index (Phi) is 9.68. The van der Waals surface area contributed by atoms with Gasteiger partial charge in [-0.2, -0.15) is 0 Å². The molecule has 0 saturated carbocycles. The van der Waals surface area contributed by atoms with E-state index in [0.29, 0.717) is 11.3 Å². The molecule has 2 aromatic rings. The van der Waals surface area contributed by atoms with Crippen molar-refractivity contribution in [3.63, 3.8) is 0 Å². The number of ether oxygens (including phenoxy) is 6. The zero-order valence-electron chi connectivity index (χ0n) is 21.4. The van der Waals surface area contributed by atoms with Gasteiger partial charge in [0.15, 0.2) is 23.4 Å². The van der Waals surface area contributed by atoms with Crippen LogP contribution in [0.5, 0.6) is 5.75 Å². The Labute approximate surface area is 229 Å². The number of hydrogen-bond donors (Lipinski definition) is 1. The Hall–Kier alpha value is -4.64. The summed E-state index contributed by atoms with van der Waals surface area (Å²) in [7, 11) is 1.04. The summed E-state index contributed by atoms with van der Waals surface area (Å²) in [6.07, 6.45) is -7.21. The van der Waals surface area contributed by atoms with Crippen molar-refractivity contribution in [2.75, 3.05) is 12.4 Å². The van der Waals surface area contributed by atoms with Gasteiger partial charge < -0.3 is 28.4 Å². The molecule has 1 aliphatic rings. The first kappa shape index (κ1) is 29.9. The SMILES string of the molecule is COC(=O)C1O[C@H](Oc2ccccc2C(=O)Nc2ncc([N+](=O)[O-])s2)C(OC(C)=O)C(OC(C)=O)[C@@H]1OC(C)=O. The summed E-state index contributed by atoms with van der Waals surface area (Å²) in [6, 6.07) is 5.68. The van der Waals surface area contributed by atoms with Crippen LogP contribution < -0.4 is 10.1 Å².